The Labute approximate surface area is 166 Å². The molecule has 0 radical (unpaired) electrons. The average molecular weight is 391 g/mol. The molecule has 0 fully saturated rings. The number of benzene rings is 1. The summed E-state index contributed by atoms with van der Waals surface area (Å²) in [6, 6.07) is 13.1. The van der Waals surface area contributed by atoms with Crippen LogP contribution in [0.25, 0.3) is 0 Å². The lowest BCUT2D eigenvalue weighted by Crippen LogP contribution is -2.43. The van der Waals surface area contributed by atoms with Crippen LogP contribution < -0.4 is 16.2 Å². The molecule has 7 nitrogen and oxygen atoms in total. The molecule has 8 heteroatoms. The Morgan fingerprint density at radius 2 is 2.07 bits per heavy atom. The Hall–Kier alpha value is -3.41. The minimum absolute atomic E-state index is 0.0112. The number of carbonyl (C=O) groups is 1. The molecule has 140 valence electrons. The number of nitrogens with zero attached hydrogens (tertiary/aromatic N) is 3. The first-order valence-electron chi connectivity index (χ1n) is 8.50. The third-order valence-electron chi connectivity index (χ3n) is 5.03. The number of amides is 1. The monoisotopic (exact) mass is 391 g/mol. The van der Waals surface area contributed by atoms with E-state index in [1.54, 1.807) is 36.0 Å². The molecule has 1 aromatic rings. The second-order valence-corrected chi connectivity index (χ2v) is 7.62. The fourth-order valence-electron chi connectivity index (χ4n) is 3.81. The molecule has 1 aliphatic carbocycles. The first-order valence-corrected chi connectivity index (χ1v) is 9.66. The molecule has 1 amide bonds. The van der Waals surface area contributed by atoms with Gasteiger partial charge < -0.3 is 16.2 Å². The lowest BCUT2D eigenvalue weighted by Gasteiger charge is -2.43. The summed E-state index contributed by atoms with van der Waals surface area (Å²) < 4.78 is 5.38. The van der Waals surface area contributed by atoms with E-state index in [1.807, 2.05) is 6.08 Å². The number of nitriles is 3. The van der Waals surface area contributed by atoms with Gasteiger partial charge in [0.1, 0.15) is 11.8 Å². The zero-order valence-electron chi connectivity index (χ0n) is 14.9. The van der Waals surface area contributed by atoms with E-state index in [9.17, 15) is 20.6 Å². The number of thioether (sulfide) groups is 1. The van der Waals surface area contributed by atoms with E-state index in [1.165, 1.54) is 0 Å². The number of rotatable bonds is 4. The summed E-state index contributed by atoms with van der Waals surface area (Å²) in [5.74, 6) is 0.411. The number of allylic oxidation sites excluding steroid dienone is 3. The molecule has 1 aromatic carbocycles. The summed E-state index contributed by atoms with van der Waals surface area (Å²) in [4.78, 5) is 11.0. The Balaban J connectivity index is 2.18. The quantitative estimate of drug-likeness (QED) is 0.793. The van der Waals surface area contributed by atoms with Gasteiger partial charge in [0.2, 0.25) is 0 Å². The van der Waals surface area contributed by atoms with Crippen LogP contribution in [0.15, 0.2) is 47.2 Å². The summed E-state index contributed by atoms with van der Waals surface area (Å²) in [6.07, 6.45) is 1.95. The third-order valence-corrected chi connectivity index (χ3v) is 6.03. The number of primary amides is 1. The predicted octanol–water partition coefficient (Wildman–Crippen LogP) is 1.71. The van der Waals surface area contributed by atoms with E-state index in [-0.39, 0.29) is 23.8 Å². The molecule has 3 rings (SSSR count). The fraction of sp³-hybridized carbons (Fsp3) is 0.300. The number of ether oxygens (including phenoxy) is 1. The van der Waals surface area contributed by atoms with Crippen molar-refractivity contribution in [3.63, 3.8) is 0 Å². The number of hydrogen-bond acceptors (Lipinski definition) is 7. The molecule has 0 spiro atoms. The molecule has 2 atom stereocenters. The molecule has 0 aromatic heterocycles. The molecular weight excluding hydrogens is 374 g/mol. The van der Waals surface area contributed by atoms with E-state index < -0.39 is 17.2 Å². The third kappa shape index (κ3) is 3.07. The molecular formula is C20H17N5O2S. The molecule has 1 aliphatic heterocycles. The van der Waals surface area contributed by atoms with Crippen molar-refractivity contribution in [1.82, 2.24) is 0 Å². The zero-order valence-corrected chi connectivity index (χ0v) is 15.7. The number of carbonyl (C=O) groups excluding carboxylic acids is 1. The van der Waals surface area contributed by atoms with E-state index in [0.29, 0.717) is 17.1 Å². The molecule has 1 heterocycles. The van der Waals surface area contributed by atoms with Gasteiger partial charge in [0.25, 0.3) is 5.91 Å². The van der Waals surface area contributed by atoms with E-state index in [0.717, 1.165) is 11.3 Å². The molecule has 0 bridgehead atoms. The van der Waals surface area contributed by atoms with Crippen LogP contribution >= 0.6 is 11.8 Å². The molecule has 2 aliphatic rings. The highest BCUT2D eigenvalue weighted by molar-refractivity contribution is 7.99. The van der Waals surface area contributed by atoms with Crippen LogP contribution in [0.5, 0.6) is 5.75 Å². The maximum absolute atomic E-state index is 11.0. The average Bonchev–Trinajstić information content (AvgIpc) is 2.71. The van der Waals surface area contributed by atoms with Crippen molar-refractivity contribution >= 4 is 17.7 Å². The summed E-state index contributed by atoms with van der Waals surface area (Å²) in [6.45, 7) is -0.277. The minimum Gasteiger partial charge on any atom is -0.484 e. The Morgan fingerprint density at radius 1 is 1.32 bits per heavy atom. The molecule has 0 saturated carbocycles. The van der Waals surface area contributed by atoms with Crippen molar-refractivity contribution in [3.05, 3.63) is 52.7 Å². The van der Waals surface area contributed by atoms with Crippen molar-refractivity contribution < 1.29 is 9.53 Å². The van der Waals surface area contributed by atoms with E-state index in [2.05, 4.69) is 18.2 Å². The summed E-state index contributed by atoms with van der Waals surface area (Å²) >= 11 is 1.67. The second kappa shape index (κ2) is 7.68. The zero-order chi connectivity index (χ0) is 20.3. The van der Waals surface area contributed by atoms with Crippen LogP contribution in [0, 0.1) is 45.3 Å². The smallest absolute Gasteiger partial charge is 0.255 e. The van der Waals surface area contributed by atoms with E-state index in [4.69, 9.17) is 16.2 Å². The van der Waals surface area contributed by atoms with Crippen molar-refractivity contribution in [2.75, 3.05) is 18.1 Å². The van der Waals surface area contributed by atoms with Crippen LogP contribution in [-0.4, -0.2) is 24.0 Å². The van der Waals surface area contributed by atoms with Crippen molar-refractivity contribution in [1.29, 1.82) is 15.8 Å². The Morgan fingerprint density at radius 3 is 2.71 bits per heavy atom. The van der Waals surface area contributed by atoms with Gasteiger partial charge >= 0.3 is 0 Å². The highest BCUT2D eigenvalue weighted by Crippen LogP contribution is 2.55. The van der Waals surface area contributed by atoms with Gasteiger partial charge in [-0.05, 0) is 23.3 Å². The maximum atomic E-state index is 11.0. The number of nitrogens with two attached hydrogens (primary N) is 2. The lowest BCUT2D eigenvalue weighted by atomic mass is 9.59. The van der Waals surface area contributed by atoms with Crippen LogP contribution in [0.2, 0.25) is 0 Å². The van der Waals surface area contributed by atoms with Gasteiger partial charge in [-0.25, -0.2) is 0 Å². The molecule has 0 saturated heterocycles. The largest absolute Gasteiger partial charge is 0.484 e. The first-order chi connectivity index (χ1) is 13.5. The lowest BCUT2D eigenvalue weighted by molar-refractivity contribution is -0.119. The predicted molar refractivity (Wildman–Crippen MR) is 103 cm³/mol. The van der Waals surface area contributed by atoms with Gasteiger partial charge in [-0.15, -0.1) is 0 Å². The van der Waals surface area contributed by atoms with Crippen LogP contribution in [0.3, 0.4) is 0 Å². The Bertz CT molecular complexity index is 995. The highest BCUT2D eigenvalue weighted by atomic mass is 32.2. The van der Waals surface area contributed by atoms with Gasteiger partial charge in [0.05, 0.1) is 23.4 Å². The van der Waals surface area contributed by atoms with Crippen molar-refractivity contribution in [3.8, 4) is 24.0 Å². The standard InChI is InChI=1S/C20H17N5O2S/c21-7-15-14-4-5-28-9-16(14)18(20(10-22,11-23)19(15)25)12-2-1-3-13(6-12)27-8-17(24)26/h1-4,6,16,18H,5,8-9,25H2,(H2,24,26). The SMILES string of the molecule is N#CC1=C(N)C(C#N)(C#N)C(c2cccc(OCC(N)=O)c2)C2CSCC=C12. The van der Waals surface area contributed by atoms with Crippen molar-refractivity contribution in [2.45, 2.75) is 5.92 Å². The van der Waals surface area contributed by atoms with Gasteiger partial charge in [-0.1, -0.05) is 18.2 Å². The van der Waals surface area contributed by atoms with Gasteiger partial charge in [-0.3, -0.25) is 4.79 Å². The second-order valence-electron chi connectivity index (χ2n) is 6.54. The first kappa shape index (κ1) is 19.4. The maximum Gasteiger partial charge on any atom is 0.255 e. The molecule has 4 N–H and O–H groups in total. The van der Waals surface area contributed by atoms with Gasteiger partial charge in [-0.2, -0.15) is 27.5 Å². The Kier molecular flexibility index (Phi) is 5.31. The van der Waals surface area contributed by atoms with Crippen LogP contribution in [-0.2, 0) is 4.79 Å². The molecule has 2 unspecified atom stereocenters. The summed E-state index contributed by atoms with van der Waals surface area (Å²) in [5.41, 5.74) is 11.4. The highest BCUT2D eigenvalue weighted by Gasteiger charge is 2.53. The summed E-state index contributed by atoms with van der Waals surface area (Å²) in [5, 5.41) is 29.6. The van der Waals surface area contributed by atoms with Crippen LogP contribution in [0.4, 0.5) is 0 Å². The van der Waals surface area contributed by atoms with Crippen LogP contribution in [0.1, 0.15) is 11.5 Å². The minimum atomic E-state index is -1.67. The topological polar surface area (TPSA) is 150 Å². The molecule has 28 heavy (non-hydrogen) atoms. The fourth-order valence-corrected chi connectivity index (χ4v) is 4.87. The van der Waals surface area contributed by atoms with Gasteiger partial charge in [0, 0.05) is 23.3 Å². The summed E-state index contributed by atoms with van der Waals surface area (Å²) in [7, 11) is 0. The normalized spacial score (nSPS) is 22.7. The van der Waals surface area contributed by atoms with E-state index >= 15 is 0 Å². The van der Waals surface area contributed by atoms with Gasteiger partial charge in [0.15, 0.2) is 12.0 Å². The van der Waals surface area contributed by atoms with Crippen molar-refractivity contribution in [2.24, 2.45) is 22.8 Å². The number of hydrogen-bond donors (Lipinski definition) is 2. The number of fused-ring (bicyclic) bond motifs is 1.